The highest BCUT2D eigenvalue weighted by Crippen LogP contribution is 2.50. The second-order valence-corrected chi connectivity index (χ2v) is 6.66. The number of hydrogen-bond donors (Lipinski definition) is 0. The summed E-state index contributed by atoms with van der Waals surface area (Å²) in [4.78, 5) is 8.92. The Hall–Kier alpha value is -1.09. The van der Waals surface area contributed by atoms with Crippen LogP contribution in [0, 0.1) is 17.8 Å². The molecule has 3 nitrogen and oxygen atoms in total. The first-order chi connectivity index (χ1) is 9.86. The Morgan fingerprint density at radius 1 is 1.25 bits per heavy atom. The van der Waals surface area contributed by atoms with Crippen LogP contribution in [0.4, 0.5) is 0 Å². The average Bonchev–Trinajstić information content (AvgIpc) is 3.35. The molecular weight excluding hydrogens is 270 g/mol. The summed E-state index contributed by atoms with van der Waals surface area (Å²) in [5, 5.41) is 0. The third kappa shape index (κ3) is 2.32. The maximum Gasteiger partial charge on any atom is 0.111 e. The van der Waals surface area contributed by atoms with Gasteiger partial charge in [0.05, 0.1) is 11.7 Å². The van der Waals surface area contributed by atoms with Crippen molar-refractivity contribution in [3.63, 3.8) is 0 Å². The van der Waals surface area contributed by atoms with E-state index in [9.17, 15) is 0 Å². The third-order valence-electron chi connectivity index (χ3n) is 4.80. The second kappa shape index (κ2) is 5.03. The number of imidazole rings is 1. The Labute approximate surface area is 124 Å². The minimum Gasteiger partial charge on any atom is -0.328 e. The van der Waals surface area contributed by atoms with E-state index in [-0.39, 0.29) is 0 Å². The zero-order chi connectivity index (χ0) is 13.5. The zero-order valence-electron chi connectivity index (χ0n) is 11.6. The van der Waals surface area contributed by atoms with Gasteiger partial charge in [-0.25, -0.2) is 4.98 Å². The topological polar surface area (TPSA) is 30.7 Å². The zero-order valence-corrected chi connectivity index (χ0v) is 12.4. The predicted octanol–water partition coefficient (Wildman–Crippen LogP) is 3.65. The summed E-state index contributed by atoms with van der Waals surface area (Å²) < 4.78 is 2.42. The molecule has 0 unspecified atom stereocenters. The van der Waals surface area contributed by atoms with Crippen LogP contribution in [-0.2, 0) is 13.0 Å². The minimum atomic E-state index is 0.633. The van der Waals surface area contributed by atoms with Crippen LogP contribution in [-0.4, -0.2) is 20.4 Å². The highest BCUT2D eigenvalue weighted by Gasteiger charge is 2.41. The standard InChI is InChI=1S/C16H20ClN3/c17-7-5-16-19-14-9-18-8-6-15(14)20(16)10-13(11-1-2-11)12-3-4-12/h6,8-9,11-13H,1-5,7,10H2. The third-order valence-corrected chi connectivity index (χ3v) is 4.99. The van der Waals surface area contributed by atoms with E-state index in [1.165, 1.54) is 31.2 Å². The van der Waals surface area contributed by atoms with Gasteiger partial charge in [0.25, 0.3) is 0 Å². The molecule has 2 heterocycles. The molecule has 2 fully saturated rings. The van der Waals surface area contributed by atoms with Crippen LogP contribution in [0.2, 0.25) is 0 Å². The molecule has 0 aliphatic heterocycles. The molecule has 2 aliphatic carbocycles. The van der Waals surface area contributed by atoms with Crippen LogP contribution in [0.5, 0.6) is 0 Å². The molecule has 0 bridgehead atoms. The van der Waals surface area contributed by atoms with Gasteiger partial charge in [-0.2, -0.15) is 0 Å². The van der Waals surface area contributed by atoms with Crippen LogP contribution in [0.25, 0.3) is 11.0 Å². The number of fused-ring (bicyclic) bond motifs is 1. The Morgan fingerprint density at radius 3 is 2.65 bits per heavy atom. The van der Waals surface area contributed by atoms with Crippen molar-refractivity contribution in [1.29, 1.82) is 0 Å². The molecule has 2 saturated carbocycles. The van der Waals surface area contributed by atoms with Gasteiger partial charge in [-0.15, -0.1) is 11.6 Å². The first-order valence-corrected chi connectivity index (χ1v) is 8.25. The normalized spacial score (nSPS) is 19.1. The number of halogens is 1. The number of aryl methyl sites for hydroxylation is 1. The van der Waals surface area contributed by atoms with Crippen molar-refractivity contribution in [3.8, 4) is 0 Å². The van der Waals surface area contributed by atoms with E-state index in [4.69, 9.17) is 16.6 Å². The molecule has 0 amide bonds. The van der Waals surface area contributed by atoms with Gasteiger partial charge >= 0.3 is 0 Å². The van der Waals surface area contributed by atoms with Crippen molar-refractivity contribution >= 4 is 22.6 Å². The molecule has 0 radical (unpaired) electrons. The van der Waals surface area contributed by atoms with Gasteiger partial charge in [-0.3, -0.25) is 4.98 Å². The van der Waals surface area contributed by atoms with Crippen LogP contribution in [0.1, 0.15) is 31.5 Å². The highest BCUT2D eigenvalue weighted by molar-refractivity contribution is 6.17. The molecule has 4 heteroatoms. The Bertz CT molecular complexity index is 601. The van der Waals surface area contributed by atoms with Gasteiger partial charge in [0, 0.05) is 25.0 Å². The van der Waals surface area contributed by atoms with Crippen molar-refractivity contribution in [2.24, 2.45) is 17.8 Å². The fourth-order valence-corrected chi connectivity index (χ4v) is 3.62. The summed E-state index contributed by atoms with van der Waals surface area (Å²) in [5.74, 6) is 4.55. The molecule has 2 aromatic heterocycles. The van der Waals surface area contributed by atoms with Crippen molar-refractivity contribution in [3.05, 3.63) is 24.3 Å². The number of hydrogen-bond acceptors (Lipinski definition) is 2. The summed E-state index contributed by atoms with van der Waals surface area (Å²) in [6.07, 6.45) is 10.3. The number of pyridine rings is 1. The molecule has 2 aromatic rings. The monoisotopic (exact) mass is 289 g/mol. The van der Waals surface area contributed by atoms with Crippen molar-refractivity contribution in [2.75, 3.05) is 5.88 Å². The maximum absolute atomic E-state index is 5.95. The first kappa shape index (κ1) is 12.6. The summed E-state index contributed by atoms with van der Waals surface area (Å²) >= 11 is 5.95. The van der Waals surface area contributed by atoms with Crippen LogP contribution in [0.15, 0.2) is 18.5 Å². The SMILES string of the molecule is ClCCc1nc2cnccc2n1CC(C1CC1)C1CC1. The Kier molecular flexibility index (Phi) is 3.18. The Morgan fingerprint density at radius 2 is 2.00 bits per heavy atom. The molecular formula is C16H20ClN3. The summed E-state index contributed by atoms with van der Waals surface area (Å²) in [5.41, 5.74) is 2.24. The van der Waals surface area contributed by atoms with Gasteiger partial charge < -0.3 is 4.57 Å². The molecule has 106 valence electrons. The molecule has 2 aliphatic rings. The molecule has 4 rings (SSSR count). The van der Waals surface area contributed by atoms with E-state index >= 15 is 0 Å². The number of alkyl halides is 1. The second-order valence-electron chi connectivity index (χ2n) is 6.28. The summed E-state index contributed by atoms with van der Waals surface area (Å²) in [6, 6.07) is 2.09. The van der Waals surface area contributed by atoms with E-state index in [2.05, 4.69) is 15.6 Å². The van der Waals surface area contributed by atoms with Gasteiger partial charge in [-0.05, 0) is 49.5 Å². The lowest BCUT2D eigenvalue weighted by Gasteiger charge is -2.18. The molecule has 0 atom stereocenters. The van der Waals surface area contributed by atoms with Crippen molar-refractivity contribution < 1.29 is 0 Å². The largest absolute Gasteiger partial charge is 0.328 e. The van der Waals surface area contributed by atoms with Crippen molar-refractivity contribution in [1.82, 2.24) is 14.5 Å². The van der Waals surface area contributed by atoms with Crippen LogP contribution in [0.3, 0.4) is 0 Å². The van der Waals surface area contributed by atoms with E-state index in [0.29, 0.717) is 5.88 Å². The van der Waals surface area contributed by atoms with Gasteiger partial charge in [0.1, 0.15) is 11.3 Å². The summed E-state index contributed by atoms with van der Waals surface area (Å²) in [6.45, 7) is 1.13. The van der Waals surface area contributed by atoms with Gasteiger partial charge in [0.2, 0.25) is 0 Å². The van der Waals surface area contributed by atoms with Crippen LogP contribution >= 0.6 is 11.6 Å². The molecule has 0 spiro atoms. The number of nitrogens with zero attached hydrogens (tertiary/aromatic N) is 3. The highest BCUT2D eigenvalue weighted by atomic mass is 35.5. The van der Waals surface area contributed by atoms with Gasteiger partial charge in [0.15, 0.2) is 0 Å². The maximum atomic E-state index is 5.95. The Balaban J connectivity index is 1.70. The van der Waals surface area contributed by atoms with E-state index < -0.39 is 0 Å². The van der Waals surface area contributed by atoms with Gasteiger partial charge in [-0.1, -0.05) is 0 Å². The fourth-order valence-electron chi connectivity index (χ4n) is 3.45. The molecule has 20 heavy (non-hydrogen) atoms. The molecule has 0 aromatic carbocycles. The molecule has 0 saturated heterocycles. The predicted molar refractivity (Wildman–Crippen MR) is 80.9 cm³/mol. The number of rotatable bonds is 6. The number of aromatic nitrogens is 3. The smallest absolute Gasteiger partial charge is 0.111 e. The molecule has 0 N–H and O–H groups in total. The quantitative estimate of drug-likeness (QED) is 0.760. The minimum absolute atomic E-state index is 0.633. The first-order valence-electron chi connectivity index (χ1n) is 7.72. The lowest BCUT2D eigenvalue weighted by atomic mass is 9.97. The lowest BCUT2D eigenvalue weighted by Crippen LogP contribution is -2.17. The van der Waals surface area contributed by atoms with E-state index in [0.717, 1.165) is 42.1 Å². The summed E-state index contributed by atoms with van der Waals surface area (Å²) in [7, 11) is 0. The van der Waals surface area contributed by atoms with Crippen LogP contribution < -0.4 is 0 Å². The van der Waals surface area contributed by atoms with E-state index in [1.54, 1.807) is 0 Å². The average molecular weight is 290 g/mol. The fraction of sp³-hybridized carbons (Fsp3) is 0.625. The lowest BCUT2D eigenvalue weighted by molar-refractivity contribution is 0.349. The van der Waals surface area contributed by atoms with E-state index in [1.807, 2.05) is 12.4 Å². The van der Waals surface area contributed by atoms with Crippen molar-refractivity contribution in [2.45, 2.75) is 38.6 Å².